The quantitative estimate of drug-likeness (QED) is 0.162. The topological polar surface area (TPSA) is 94.0 Å². The first-order valence-corrected chi connectivity index (χ1v) is 18.8. The van der Waals surface area contributed by atoms with Gasteiger partial charge in [-0.3, -0.25) is 5.32 Å². The Kier molecular flexibility index (Phi) is 8.66. The van der Waals surface area contributed by atoms with Crippen molar-refractivity contribution in [1.82, 2.24) is 19.7 Å². The van der Waals surface area contributed by atoms with E-state index in [4.69, 9.17) is 9.84 Å². The van der Waals surface area contributed by atoms with Crippen molar-refractivity contribution in [3.8, 4) is 17.3 Å². The molecule has 0 saturated heterocycles. The lowest BCUT2D eigenvalue weighted by Crippen LogP contribution is -2.50. The Hall–Kier alpha value is -5.28. The molecule has 0 aliphatic heterocycles. The van der Waals surface area contributed by atoms with Gasteiger partial charge < -0.3 is 10.1 Å². The summed E-state index contributed by atoms with van der Waals surface area (Å²) in [5.41, 5.74) is 3.83. The van der Waals surface area contributed by atoms with Crippen molar-refractivity contribution in [3.63, 3.8) is 0 Å². The van der Waals surface area contributed by atoms with Crippen LogP contribution >= 0.6 is 0 Å². The molecule has 2 N–H and O–H groups in total. The molecule has 6 rings (SSSR count). The number of anilines is 2. The van der Waals surface area contributed by atoms with Crippen molar-refractivity contribution in [2.45, 2.75) is 52.2 Å². The summed E-state index contributed by atoms with van der Waals surface area (Å²) >= 11 is 0. The van der Waals surface area contributed by atoms with Crippen LogP contribution in [-0.2, 0) is 6.42 Å². The van der Waals surface area contributed by atoms with E-state index < -0.39 is 8.07 Å². The van der Waals surface area contributed by atoms with Gasteiger partial charge in [0.2, 0.25) is 5.88 Å². The molecule has 0 atom stereocenters. The Balaban J connectivity index is 1.25. The molecule has 2 aromatic heterocycles. The number of ether oxygens (including phenoxy) is 1. The Labute approximate surface area is 276 Å². The smallest absolute Gasteiger partial charge is 0.324 e. The predicted octanol–water partition coefficient (Wildman–Crippen LogP) is 8.87. The largest absolute Gasteiger partial charge is 0.438 e. The van der Waals surface area contributed by atoms with Crippen molar-refractivity contribution >= 4 is 41.7 Å². The van der Waals surface area contributed by atoms with Crippen LogP contribution < -0.4 is 20.7 Å². The Morgan fingerprint density at radius 2 is 1.55 bits per heavy atom. The molecule has 0 saturated carbocycles. The maximum Gasteiger partial charge on any atom is 0.324 e. The van der Waals surface area contributed by atoms with E-state index in [-0.39, 0.29) is 11.1 Å². The molecule has 238 valence electrons. The summed E-state index contributed by atoms with van der Waals surface area (Å²) in [5, 5.41) is 14.0. The van der Waals surface area contributed by atoms with Crippen molar-refractivity contribution in [2.75, 3.05) is 10.6 Å². The lowest BCUT2D eigenvalue weighted by molar-refractivity contribution is 0.262. The molecular formula is C38H40N6O2Si. The summed E-state index contributed by atoms with van der Waals surface area (Å²) in [6, 6.07) is 33.2. The zero-order valence-electron chi connectivity index (χ0n) is 27.7. The lowest BCUT2D eigenvalue weighted by Gasteiger charge is -2.35. The van der Waals surface area contributed by atoms with Crippen molar-refractivity contribution in [2.24, 2.45) is 0 Å². The zero-order chi connectivity index (χ0) is 33.2. The molecule has 0 aliphatic carbocycles. The lowest BCUT2D eigenvalue weighted by atomic mass is 10.1. The minimum atomic E-state index is -1.99. The van der Waals surface area contributed by atoms with E-state index in [9.17, 15) is 4.79 Å². The van der Waals surface area contributed by atoms with E-state index in [0.29, 0.717) is 35.4 Å². The van der Waals surface area contributed by atoms with Gasteiger partial charge >= 0.3 is 6.03 Å². The van der Waals surface area contributed by atoms with Gasteiger partial charge in [-0.05, 0) is 47.9 Å². The Bertz CT molecular complexity index is 2030. The molecule has 2 amide bonds. The number of amides is 2. The van der Waals surface area contributed by atoms with Crippen molar-refractivity contribution in [3.05, 3.63) is 126 Å². The van der Waals surface area contributed by atoms with E-state index in [1.807, 2.05) is 89.6 Å². The minimum absolute atomic E-state index is 0.0803. The number of aryl methyl sites for hydroxylation is 1. The molecule has 0 unspecified atom stereocenters. The molecule has 6 aromatic rings. The Morgan fingerprint density at radius 1 is 0.851 bits per heavy atom. The number of urea groups is 1. The third-order valence-electron chi connectivity index (χ3n) is 8.98. The summed E-state index contributed by atoms with van der Waals surface area (Å²) in [7, 11) is -1.99. The van der Waals surface area contributed by atoms with Crippen LogP contribution in [0.1, 0.15) is 37.7 Å². The first kappa shape index (κ1) is 31.7. The fourth-order valence-electron chi connectivity index (χ4n) is 5.20. The number of nitrogens with zero attached hydrogens (tertiary/aromatic N) is 4. The zero-order valence-corrected chi connectivity index (χ0v) is 28.7. The third-order valence-corrected chi connectivity index (χ3v) is 14.3. The first-order chi connectivity index (χ1) is 22.5. The monoisotopic (exact) mass is 640 g/mol. The number of carbonyl (C=O) groups is 1. The molecule has 2 heterocycles. The van der Waals surface area contributed by atoms with E-state index in [1.165, 1.54) is 0 Å². The predicted molar refractivity (Wildman–Crippen MR) is 193 cm³/mol. The summed E-state index contributed by atoms with van der Waals surface area (Å²) in [5.74, 6) is 2.38. The average Bonchev–Trinajstić information content (AvgIpc) is 3.47. The normalized spacial score (nSPS) is 11.8. The molecule has 0 fully saturated rings. The average molecular weight is 641 g/mol. The highest BCUT2D eigenvalue weighted by Gasteiger charge is 2.39. The van der Waals surface area contributed by atoms with Crippen molar-refractivity contribution < 1.29 is 9.53 Å². The highest BCUT2D eigenvalue weighted by atomic mass is 28.3. The fourth-order valence-corrected chi connectivity index (χ4v) is 6.81. The second-order valence-electron chi connectivity index (χ2n) is 13.3. The summed E-state index contributed by atoms with van der Waals surface area (Å²) in [6.07, 6.45) is 2.32. The van der Waals surface area contributed by atoms with Gasteiger partial charge in [0.05, 0.1) is 11.4 Å². The molecule has 0 bridgehead atoms. The van der Waals surface area contributed by atoms with E-state index in [0.717, 1.165) is 32.9 Å². The van der Waals surface area contributed by atoms with Gasteiger partial charge in [-0.1, -0.05) is 106 Å². The van der Waals surface area contributed by atoms with Crippen LogP contribution in [-0.4, -0.2) is 33.9 Å². The molecule has 0 spiro atoms. The Morgan fingerprint density at radius 3 is 2.28 bits per heavy atom. The van der Waals surface area contributed by atoms with E-state index >= 15 is 0 Å². The van der Waals surface area contributed by atoms with E-state index in [2.05, 4.69) is 73.5 Å². The highest BCUT2D eigenvalue weighted by molar-refractivity contribution is 6.91. The first-order valence-electron chi connectivity index (χ1n) is 15.8. The second kappa shape index (κ2) is 12.8. The summed E-state index contributed by atoms with van der Waals surface area (Å²) in [4.78, 5) is 22.6. The van der Waals surface area contributed by atoms with Gasteiger partial charge in [0.25, 0.3) is 0 Å². The molecule has 47 heavy (non-hydrogen) atoms. The molecule has 4 aromatic carbocycles. The number of aromatic nitrogens is 4. The number of hydrogen-bond acceptors (Lipinski definition) is 5. The van der Waals surface area contributed by atoms with Gasteiger partial charge in [-0.15, -0.1) is 0 Å². The fraction of sp³-hybridized carbons (Fsp3) is 0.211. The minimum Gasteiger partial charge on any atom is -0.438 e. The molecular weight excluding hydrogens is 601 g/mol. The van der Waals surface area contributed by atoms with Crippen LogP contribution in [0.4, 0.5) is 16.3 Å². The third kappa shape index (κ3) is 6.95. The number of hydrogen-bond donors (Lipinski definition) is 2. The van der Waals surface area contributed by atoms with Gasteiger partial charge in [-0.25, -0.2) is 14.5 Å². The number of benzene rings is 4. The summed E-state index contributed by atoms with van der Waals surface area (Å²) in [6.45, 7) is 13.5. The van der Waals surface area contributed by atoms with E-state index in [1.54, 1.807) is 12.3 Å². The summed E-state index contributed by atoms with van der Waals surface area (Å²) < 4.78 is 8.10. The maximum atomic E-state index is 13.6. The van der Waals surface area contributed by atoms with Crippen LogP contribution in [0.15, 0.2) is 109 Å². The number of carbonyl (C=O) groups excluding carboxylic acids is 1. The van der Waals surface area contributed by atoms with Gasteiger partial charge in [0, 0.05) is 34.8 Å². The van der Waals surface area contributed by atoms with Crippen LogP contribution in [0, 0.1) is 6.92 Å². The SMILES string of the molecule is Cc1ccc(-n2nc([Si](C)(C)C(C)(C)C)cc2NC(=O)Nc2ccc(Oc3ccnc(Cc4ccccc4)n3)c3ccccc23)cc1. The molecule has 8 nitrogen and oxygen atoms in total. The van der Waals surface area contributed by atoms with Crippen LogP contribution in [0.5, 0.6) is 11.6 Å². The number of rotatable bonds is 8. The highest BCUT2D eigenvalue weighted by Crippen LogP contribution is 2.36. The van der Waals surface area contributed by atoms with Crippen LogP contribution in [0.2, 0.25) is 18.1 Å². The molecule has 0 radical (unpaired) electrons. The number of fused-ring (bicyclic) bond motifs is 1. The second-order valence-corrected chi connectivity index (χ2v) is 18.6. The van der Waals surface area contributed by atoms with Gasteiger partial charge in [0.15, 0.2) is 0 Å². The van der Waals surface area contributed by atoms with Crippen LogP contribution in [0.25, 0.3) is 16.5 Å². The van der Waals surface area contributed by atoms with Gasteiger partial charge in [0.1, 0.15) is 25.5 Å². The maximum absolute atomic E-state index is 13.6. The number of nitrogens with one attached hydrogen (secondary N) is 2. The molecule has 0 aliphatic rings. The standard InChI is InChI=1S/C38H40N6O2Si/c1-26-16-18-28(19-17-26)44-34(25-36(43-44)47(5,6)38(2,3)4)42-37(45)40-31-20-21-32(30-15-11-10-14-29(30)31)46-35-22-23-39-33(41-35)24-27-12-8-7-9-13-27/h7-23,25H,24H2,1-6H3,(H2,40,42,45). The van der Waals surface area contributed by atoms with Crippen LogP contribution in [0.3, 0.4) is 0 Å². The molecule has 9 heteroatoms. The van der Waals surface area contributed by atoms with Gasteiger partial charge in [-0.2, -0.15) is 10.1 Å². The van der Waals surface area contributed by atoms with Crippen molar-refractivity contribution in [1.29, 1.82) is 0 Å².